The van der Waals surface area contributed by atoms with Crippen LogP contribution < -0.4 is 10.2 Å². The van der Waals surface area contributed by atoms with Crippen LogP contribution in [0.5, 0.6) is 5.75 Å². The minimum absolute atomic E-state index is 0.292. The lowest BCUT2D eigenvalue weighted by atomic mass is 9.46. The summed E-state index contributed by atoms with van der Waals surface area (Å²) in [5.41, 5.74) is 4.59. The van der Waals surface area contributed by atoms with Crippen LogP contribution in [-0.4, -0.2) is 21.7 Å². The number of benzene rings is 1. The normalized spacial score (nSPS) is 46.6. The molecule has 3 heteroatoms. The average Bonchev–Trinajstić information content (AvgIpc) is 2.70. The van der Waals surface area contributed by atoms with Gasteiger partial charge in [0.2, 0.25) is 0 Å². The van der Waals surface area contributed by atoms with Crippen LogP contribution in [0.2, 0.25) is 0 Å². The Morgan fingerprint density at radius 2 is 1.19 bits per heavy atom. The summed E-state index contributed by atoms with van der Waals surface area (Å²) in [7, 11) is 8.53. The van der Waals surface area contributed by atoms with E-state index in [-0.39, 0.29) is 0 Å². The first kappa shape index (κ1) is 19.5. The minimum atomic E-state index is 0.292. The number of rotatable bonds is 5. The molecule has 1 aromatic carbocycles. The Labute approximate surface area is 189 Å². The van der Waals surface area contributed by atoms with Crippen molar-refractivity contribution in [1.82, 2.24) is 0 Å². The van der Waals surface area contributed by atoms with Gasteiger partial charge in [0.1, 0.15) is 13.6 Å². The van der Waals surface area contributed by atoms with Crippen molar-refractivity contribution in [1.29, 1.82) is 0 Å². The highest BCUT2D eigenvalue weighted by Crippen LogP contribution is 2.64. The van der Waals surface area contributed by atoms with Gasteiger partial charge in [0, 0.05) is 12.7 Å². The number of methoxy groups -OCH3 is 1. The van der Waals surface area contributed by atoms with Crippen LogP contribution in [-0.2, 0) is 15.6 Å². The molecule has 8 bridgehead atoms. The first-order chi connectivity index (χ1) is 15.0. The van der Waals surface area contributed by atoms with Crippen molar-refractivity contribution in [2.45, 2.75) is 87.9 Å². The largest absolute Gasteiger partial charge is 0.468 e. The zero-order valence-electron chi connectivity index (χ0n) is 19.2. The summed E-state index contributed by atoms with van der Waals surface area (Å²) in [6, 6.07) is 4.95. The van der Waals surface area contributed by atoms with Gasteiger partial charge in [-0.2, -0.15) is 0 Å². The molecule has 31 heavy (non-hydrogen) atoms. The van der Waals surface area contributed by atoms with Crippen molar-refractivity contribution in [3.8, 4) is 5.75 Å². The summed E-state index contributed by atoms with van der Waals surface area (Å²) >= 11 is 0. The molecule has 8 aliphatic carbocycles. The molecule has 2 nitrogen and oxygen atoms in total. The molecular weight excluding hydrogens is 379 g/mol. The summed E-state index contributed by atoms with van der Waals surface area (Å²) < 4.78 is 11.6. The van der Waals surface area contributed by atoms with Crippen LogP contribution in [0.4, 0.5) is 0 Å². The van der Waals surface area contributed by atoms with Gasteiger partial charge in [-0.1, -0.05) is 17.6 Å². The third-order valence-electron chi connectivity index (χ3n) is 10.7. The van der Waals surface area contributed by atoms with Crippen molar-refractivity contribution >= 4 is 13.3 Å². The highest BCUT2D eigenvalue weighted by atomic mass is 16.7. The van der Waals surface area contributed by atoms with Crippen LogP contribution in [0, 0.1) is 35.5 Å². The van der Waals surface area contributed by atoms with E-state index >= 15 is 0 Å². The third-order valence-corrected chi connectivity index (χ3v) is 10.7. The zero-order valence-corrected chi connectivity index (χ0v) is 19.2. The van der Waals surface area contributed by atoms with Crippen LogP contribution in [0.1, 0.15) is 88.2 Å². The molecule has 0 heterocycles. The Hall–Kier alpha value is -0.955. The highest BCUT2D eigenvalue weighted by molar-refractivity contribution is 6.34. The number of hydrogen-bond acceptors (Lipinski definition) is 2. The van der Waals surface area contributed by atoms with Crippen molar-refractivity contribution in [3.05, 3.63) is 23.3 Å². The molecule has 2 radical (unpaired) electrons. The van der Waals surface area contributed by atoms with Gasteiger partial charge in [0.15, 0.2) is 6.79 Å². The Balaban J connectivity index is 1.35. The predicted octanol–water partition coefficient (Wildman–Crippen LogP) is 5.40. The summed E-state index contributed by atoms with van der Waals surface area (Å²) in [6.07, 6.45) is 17.1. The molecule has 8 fully saturated rings. The second-order valence-electron chi connectivity index (χ2n) is 12.9. The molecule has 164 valence electrons. The van der Waals surface area contributed by atoms with E-state index in [4.69, 9.17) is 17.3 Å². The summed E-state index contributed by atoms with van der Waals surface area (Å²) in [5, 5.41) is 0. The van der Waals surface area contributed by atoms with E-state index in [9.17, 15) is 0 Å². The van der Waals surface area contributed by atoms with Crippen LogP contribution in [0.25, 0.3) is 0 Å². The van der Waals surface area contributed by atoms with E-state index in [0.29, 0.717) is 17.6 Å². The Morgan fingerprint density at radius 3 is 1.65 bits per heavy atom. The lowest BCUT2D eigenvalue weighted by Crippen LogP contribution is -2.50. The molecule has 0 saturated heterocycles. The van der Waals surface area contributed by atoms with E-state index in [1.54, 1.807) is 12.7 Å². The van der Waals surface area contributed by atoms with Crippen molar-refractivity contribution < 1.29 is 9.47 Å². The first-order valence-electron chi connectivity index (χ1n) is 13.1. The Bertz CT molecular complexity index is 819. The maximum atomic E-state index is 6.82. The van der Waals surface area contributed by atoms with E-state index in [1.807, 2.05) is 0 Å². The van der Waals surface area contributed by atoms with Gasteiger partial charge in [-0.3, -0.25) is 0 Å². The molecule has 0 atom stereocenters. The fourth-order valence-corrected chi connectivity index (χ4v) is 10.5. The Morgan fingerprint density at radius 1 is 0.742 bits per heavy atom. The second kappa shape index (κ2) is 6.78. The van der Waals surface area contributed by atoms with Crippen molar-refractivity contribution in [2.24, 2.45) is 35.5 Å². The van der Waals surface area contributed by atoms with Gasteiger partial charge < -0.3 is 9.47 Å². The fourth-order valence-electron chi connectivity index (χ4n) is 10.5. The van der Waals surface area contributed by atoms with Gasteiger partial charge in [0.05, 0.1) is 0 Å². The molecule has 8 aliphatic rings. The quantitative estimate of drug-likeness (QED) is 0.473. The molecular formula is C28H37BO2. The monoisotopic (exact) mass is 416 g/mol. The first-order valence-corrected chi connectivity index (χ1v) is 13.1. The van der Waals surface area contributed by atoms with Crippen LogP contribution in [0.15, 0.2) is 12.1 Å². The van der Waals surface area contributed by atoms with Crippen LogP contribution in [0.3, 0.4) is 0 Å². The predicted molar refractivity (Wildman–Crippen MR) is 124 cm³/mol. The van der Waals surface area contributed by atoms with Gasteiger partial charge in [0.25, 0.3) is 0 Å². The standard InChI is InChI=1S/C28H37BO2/c1-30-16-31-26-24(28-13-20-5-21(14-28)7-22(6-20)15-28)8-23(9-25(26)29)27-10-17-2-18(11-27)4-19(3-17)12-27/h8-9,17-22H,2-7,10-16H2,1H3. The summed E-state index contributed by atoms with van der Waals surface area (Å²) in [4.78, 5) is 0. The molecule has 0 unspecified atom stereocenters. The molecule has 8 saturated carbocycles. The molecule has 1 aromatic rings. The van der Waals surface area contributed by atoms with Crippen molar-refractivity contribution in [2.75, 3.05) is 13.9 Å². The van der Waals surface area contributed by atoms with Crippen molar-refractivity contribution in [3.63, 3.8) is 0 Å². The van der Waals surface area contributed by atoms with Gasteiger partial charge in [-0.05, 0) is 129 Å². The number of hydrogen-bond donors (Lipinski definition) is 0. The van der Waals surface area contributed by atoms with Gasteiger partial charge in [-0.25, -0.2) is 0 Å². The maximum Gasteiger partial charge on any atom is 0.188 e. The maximum absolute atomic E-state index is 6.82. The number of ether oxygens (including phenoxy) is 2. The SMILES string of the molecule is [B]c1cc(C23CC4CC(CC(C4)C2)C3)cc(C23CC4CC(CC(C4)C2)C3)c1OCOC. The van der Waals surface area contributed by atoms with E-state index in [1.165, 1.54) is 82.6 Å². The highest BCUT2D eigenvalue weighted by Gasteiger charge is 2.55. The van der Waals surface area contributed by atoms with Crippen LogP contribution >= 0.6 is 0 Å². The lowest BCUT2D eigenvalue weighted by molar-refractivity contribution is -0.0108. The molecule has 0 N–H and O–H groups in total. The summed E-state index contributed by atoms with van der Waals surface area (Å²) in [5.74, 6) is 6.60. The minimum Gasteiger partial charge on any atom is -0.468 e. The smallest absolute Gasteiger partial charge is 0.188 e. The fraction of sp³-hybridized carbons (Fsp3) is 0.786. The van der Waals surface area contributed by atoms with Gasteiger partial charge >= 0.3 is 0 Å². The molecule has 0 aliphatic heterocycles. The molecule has 0 spiro atoms. The molecule has 0 aromatic heterocycles. The second-order valence-corrected chi connectivity index (χ2v) is 12.9. The molecule has 0 amide bonds. The lowest BCUT2D eigenvalue weighted by Gasteiger charge is -2.59. The van der Waals surface area contributed by atoms with E-state index < -0.39 is 0 Å². The topological polar surface area (TPSA) is 18.5 Å². The summed E-state index contributed by atoms with van der Waals surface area (Å²) in [6.45, 7) is 0.292. The average molecular weight is 416 g/mol. The van der Waals surface area contributed by atoms with E-state index in [2.05, 4.69) is 12.1 Å². The molecule has 9 rings (SSSR count). The van der Waals surface area contributed by atoms with Gasteiger partial charge in [-0.15, -0.1) is 0 Å². The van der Waals surface area contributed by atoms with E-state index in [0.717, 1.165) is 46.7 Å². The Kier molecular flexibility index (Phi) is 4.27. The zero-order chi connectivity index (χ0) is 20.8. The third kappa shape index (κ3) is 2.94.